The van der Waals surface area contributed by atoms with E-state index in [2.05, 4.69) is 20.6 Å². The molecule has 0 bridgehead atoms. The number of H-pyrrole nitrogens is 1. The number of amidine groups is 1. The van der Waals surface area contributed by atoms with E-state index in [0.717, 1.165) is 5.69 Å². The lowest BCUT2D eigenvalue weighted by Crippen LogP contribution is -2.32. The minimum absolute atomic E-state index is 0.208. The molecule has 12 heavy (non-hydrogen) atoms. The van der Waals surface area contributed by atoms with Crippen LogP contribution in [0.5, 0.6) is 0 Å². The Bertz CT molecular complexity index is 249. The highest BCUT2D eigenvalue weighted by Crippen LogP contribution is 1.95. The quantitative estimate of drug-likeness (QED) is 0.251. The first-order chi connectivity index (χ1) is 5.74. The highest BCUT2D eigenvalue weighted by molar-refractivity contribution is 5.96. The first-order valence-electron chi connectivity index (χ1n) is 3.78. The molecule has 0 amide bonds. The van der Waals surface area contributed by atoms with Crippen LogP contribution in [0.1, 0.15) is 19.5 Å². The summed E-state index contributed by atoms with van der Waals surface area (Å²) in [5.74, 6) is 5.91. The Morgan fingerprint density at radius 3 is 2.92 bits per heavy atom. The van der Waals surface area contributed by atoms with Gasteiger partial charge in [-0.05, 0) is 19.9 Å². The maximum atomic E-state index is 5.28. The van der Waals surface area contributed by atoms with Crippen molar-refractivity contribution < 1.29 is 0 Å². The zero-order valence-electron chi connectivity index (χ0n) is 7.20. The summed E-state index contributed by atoms with van der Waals surface area (Å²) in [5.41, 5.74) is 3.31. The standard InChI is InChI=1S/C7H13N5/c1-5(2)10-7(11-8)6-3-4-9-12-6/h3-5H,8H2,1-2H3,(H,9,12)(H,10,11). The van der Waals surface area contributed by atoms with Gasteiger partial charge in [-0.25, -0.2) is 5.84 Å². The molecule has 0 aliphatic carbocycles. The summed E-state index contributed by atoms with van der Waals surface area (Å²) < 4.78 is 0. The zero-order chi connectivity index (χ0) is 8.97. The fourth-order valence-corrected chi connectivity index (χ4v) is 0.831. The molecule has 0 saturated carbocycles. The normalized spacial score (nSPS) is 12.2. The second kappa shape index (κ2) is 3.87. The Hall–Kier alpha value is -1.36. The molecule has 4 N–H and O–H groups in total. The fraction of sp³-hybridized carbons (Fsp3) is 0.429. The lowest BCUT2D eigenvalue weighted by atomic mass is 10.3. The Morgan fingerprint density at radius 1 is 1.75 bits per heavy atom. The van der Waals surface area contributed by atoms with Gasteiger partial charge in [0.1, 0.15) is 5.69 Å². The van der Waals surface area contributed by atoms with Gasteiger partial charge < -0.3 is 5.43 Å². The van der Waals surface area contributed by atoms with Crippen molar-refractivity contribution in [1.82, 2.24) is 15.6 Å². The molecule has 0 saturated heterocycles. The van der Waals surface area contributed by atoms with E-state index < -0.39 is 0 Å². The van der Waals surface area contributed by atoms with Crippen molar-refractivity contribution in [3.63, 3.8) is 0 Å². The van der Waals surface area contributed by atoms with Gasteiger partial charge >= 0.3 is 0 Å². The molecule has 1 aromatic heterocycles. The van der Waals surface area contributed by atoms with Crippen LogP contribution in [0.2, 0.25) is 0 Å². The third-order valence-electron chi connectivity index (χ3n) is 1.28. The molecule has 66 valence electrons. The summed E-state index contributed by atoms with van der Waals surface area (Å²) in [5, 5.41) is 6.57. The number of hydrazine groups is 1. The average molecular weight is 167 g/mol. The third-order valence-corrected chi connectivity index (χ3v) is 1.28. The van der Waals surface area contributed by atoms with E-state index in [0.29, 0.717) is 5.84 Å². The molecule has 0 radical (unpaired) electrons. The number of aliphatic imine (C=N–C) groups is 1. The summed E-state index contributed by atoms with van der Waals surface area (Å²) in [6.45, 7) is 3.96. The van der Waals surface area contributed by atoms with Crippen molar-refractivity contribution in [3.8, 4) is 0 Å². The number of nitrogens with zero attached hydrogens (tertiary/aromatic N) is 2. The van der Waals surface area contributed by atoms with E-state index in [9.17, 15) is 0 Å². The molecule has 0 aliphatic heterocycles. The van der Waals surface area contributed by atoms with Gasteiger partial charge in [0, 0.05) is 12.2 Å². The predicted molar refractivity (Wildman–Crippen MR) is 47.6 cm³/mol. The summed E-state index contributed by atoms with van der Waals surface area (Å²) >= 11 is 0. The molecule has 5 heteroatoms. The van der Waals surface area contributed by atoms with Crippen LogP contribution < -0.4 is 11.3 Å². The van der Waals surface area contributed by atoms with Crippen LogP contribution >= 0.6 is 0 Å². The van der Waals surface area contributed by atoms with Crippen LogP contribution in [-0.4, -0.2) is 22.1 Å². The predicted octanol–water partition coefficient (Wildman–Crippen LogP) is 0.0280. The average Bonchev–Trinajstić information content (AvgIpc) is 2.51. The van der Waals surface area contributed by atoms with Crippen molar-refractivity contribution in [2.24, 2.45) is 10.8 Å². The minimum Gasteiger partial charge on any atom is -0.307 e. The number of nitrogens with two attached hydrogens (primary N) is 1. The molecule has 1 rings (SSSR count). The summed E-state index contributed by atoms with van der Waals surface area (Å²) in [6.07, 6.45) is 1.66. The molecule has 5 nitrogen and oxygen atoms in total. The van der Waals surface area contributed by atoms with Crippen LogP contribution in [0.15, 0.2) is 17.3 Å². The van der Waals surface area contributed by atoms with E-state index >= 15 is 0 Å². The monoisotopic (exact) mass is 167 g/mol. The first-order valence-corrected chi connectivity index (χ1v) is 3.78. The first kappa shape index (κ1) is 8.73. The lowest BCUT2D eigenvalue weighted by molar-refractivity contribution is 0.818. The molecule has 0 aliphatic rings. The van der Waals surface area contributed by atoms with E-state index in [4.69, 9.17) is 5.84 Å². The highest BCUT2D eigenvalue weighted by Gasteiger charge is 2.02. The van der Waals surface area contributed by atoms with Crippen molar-refractivity contribution >= 4 is 5.84 Å². The summed E-state index contributed by atoms with van der Waals surface area (Å²) in [7, 11) is 0. The van der Waals surface area contributed by atoms with Gasteiger partial charge in [0.2, 0.25) is 0 Å². The number of aromatic nitrogens is 2. The van der Waals surface area contributed by atoms with Gasteiger partial charge in [0.15, 0.2) is 5.84 Å². The maximum Gasteiger partial charge on any atom is 0.161 e. The van der Waals surface area contributed by atoms with Crippen molar-refractivity contribution in [2.45, 2.75) is 19.9 Å². The molecule has 0 aromatic carbocycles. The van der Waals surface area contributed by atoms with Crippen LogP contribution in [-0.2, 0) is 0 Å². The second-order valence-electron chi connectivity index (χ2n) is 2.69. The van der Waals surface area contributed by atoms with Gasteiger partial charge in [-0.1, -0.05) is 0 Å². The number of hydrogen-bond acceptors (Lipinski definition) is 3. The maximum absolute atomic E-state index is 5.28. The van der Waals surface area contributed by atoms with Crippen LogP contribution in [0.25, 0.3) is 0 Å². The fourth-order valence-electron chi connectivity index (χ4n) is 0.831. The van der Waals surface area contributed by atoms with E-state index in [-0.39, 0.29) is 6.04 Å². The molecular formula is C7H13N5. The minimum atomic E-state index is 0.208. The Labute approximate surface area is 71.0 Å². The molecule has 0 atom stereocenters. The Balaban J connectivity index is 2.83. The largest absolute Gasteiger partial charge is 0.307 e. The SMILES string of the molecule is CC(C)N=C(NN)c1ccn[nH]1. The number of nitrogens with one attached hydrogen (secondary N) is 2. The topological polar surface area (TPSA) is 79.1 Å². The number of aromatic amines is 1. The molecular weight excluding hydrogens is 154 g/mol. The van der Waals surface area contributed by atoms with E-state index in [1.807, 2.05) is 13.8 Å². The van der Waals surface area contributed by atoms with Crippen molar-refractivity contribution in [1.29, 1.82) is 0 Å². The van der Waals surface area contributed by atoms with Gasteiger partial charge in [-0.15, -0.1) is 0 Å². The molecule has 0 fully saturated rings. The summed E-state index contributed by atoms with van der Waals surface area (Å²) in [6, 6.07) is 2.01. The molecule has 0 spiro atoms. The third kappa shape index (κ3) is 2.06. The molecule has 1 heterocycles. The van der Waals surface area contributed by atoms with E-state index in [1.54, 1.807) is 12.3 Å². The number of hydrogen-bond donors (Lipinski definition) is 3. The summed E-state index contributed by atoms with van der Waals surface area (Å²) in [4.78, 5) is 4.25. The van der Waals surface area contributed by atoms with Crippen LogP contribution in [0, 0.1) is 0 Å². The highest BCUT2D eigenvalue weighted by atomic mass is 15.3. The van der Waals surface area contributed by atoms with Crippen molar-refractivity contribution in [2.75, 3.05) is 0 Å². The van der Waals surface area contributed by atoms with Gasteiger partial charge in [0.25, 0.3) is 0 Å². The van der Waals surface area contributed by atoms with Gasteiger partial charge in [-0.3, -0.25) is 10.1 Å². The molecule has 1 aromatic rings. The van der Waals surface area contributed by atoms with Crippen LogP contribution in [0.3, 0.4) is 0 Å². The van der Waals surface area contributed by atoms with Gasteiger partial charge in [0.05, 0.1) is 0 Å². The van der Waals surface area contributed by atoms with Crippen molar-refractivity contribution in [3.05, 3.63) is 18.0 Å². The smallest absolute Gasteiger partial charge is 0.161 e. The Morgan fingerprint density at radius 2 is 2.50 bits per heavy atom. The lowest BCUT2D eigenvalue weighted by Gasteiger charge is -2.04. The zero-order valence-corrected chi connectivity index (χ0v) is 7.20. The van der Waals surface area contributed by atoms with Crippen LogP contribution in [0.4, 0.5) is 0 Å². The van der Waals surface area contributed by atoms with Gasteiger partial charge in [-0.2, -0.15) is 5.10 Å². The number of rotatable bonds is 2. The van der Waals surface area contributed by atoms with E-state index in [1.165, 1.54) is 0 Å². The second-order valence-corrected chi connectivity index (χ2v) is 2.69. The Kier molecular flexibility index (Phi) is 2.82. The molecule has 0 unspecified atom stereocenters.